The maximum absolute atomic E-state index is 5.12. The van der Waals surface area contributed by atoms with Gasteiger partial charge in [-0.3, -0.25) is 10.3 Å². The van der Waals surface area contributed by atoms with Gasteiger partial charge in [-0.25, -0.2) is 4.98 Å². The molecule has 116 valence electrons. The summed E-state index contributed by atoms with van der Waals surface area (Å²) in [5, 5.41) is 13.2. The zero-order valence-corrected chi connectivity index (χ0v) is 14.2. The number of hydrogen-bond donors (Lipinski definition) is 2. The van der Waals surface area contributed by atoms with Crippen molar-refractivity contribution in [3.63, 3.8) is 0 Å². The molecule has 0 fully saturated rings. The molecule has 4 heterocycles. The van der Waals surface area contributed by atoms with Gasteiger partial charge in [0.05, 0.1) is 5.71 Å². The summed E-state index contributed by atoms with van der Waals surface area (Å²) in [5.74, 6) is 0.871. The van der Waals surface area contributed by atoms with Gasteiger partial charge in [0.25, 0.3) is 0 Å². The van der Waals surface area contributed by atoms with Crippen molar-refractivity contribution in [2.75, 3.05) is 12.4 Å². The first kappa shape index (κ1) is 14.6. The van der Waals surface area contributed by atoms with Crippen molar-refractivity contribution in [1.29, 1.82) is 0 Å². The van der Waals surface area contributed by atoms with E-state index >= 15 is 0 Å². The molecule has 0 amide bonds. The number of nitrogens with zero attached hydrogens (tertiary/aromatic N) is 2. The lowest BCUT2D eigenvalue weighted by Crippen LogP contribution is -2.38. The van der Waals surface area contributed by atoms with Gasteiger partial charge in [-0.2, -0.15) is 11.3 Å². The van der Waals surface area contributed by atoms with E-state index in [-0.39, 0.29) is 12.2 Å². The van der Waals surface area contributed by atoms with E-state index in [2.05, 4.69) is 56.0 Å². The molecule has 0 aromatic carbocycles. The highest BCUT2D eigenvalue weighted by Crippen LogP contribution is 2.32. The summed E-state index contributed by atoms with van der Waals surface area (Å²) >= 11 is 3.42. The van der Waals surface area contributed by atoms with Crippen molar-refractivity contribution in [2.24, 2.45) is 4.99 Å². The van der Waals surface area contributed by atoms with Crippen LogP contribution >= 0.6 is 22.7 Å². The Hall–Kier alpha value is -2.02. The summed E-state index contributed by atoms with van der Waals surface area (Å²) in [6, 6.07) is 10.4. The van der Waals surface area contributed by atoms with E-state index in [9.17, 15) is 0 Å². The van der Waals surface area contributed by atoms with E-state index in [4.69, 9.17) is 4.99 Å². The van der Waals surface area contributed by atoms with Crippen LogP contribution in [0.3, 0.4) is 0 Å². The highest BCUT2D eigenvalue weighted by Gasteiger charge is 2.29. The average molecular weight is 340 g/mol. The van der Waals surface area contributed by atoms with Crippen LogP contribution in [0.1, 0.15) is 22.0 Å². The van der Waals surface area contributed by atoms with Crippen LogP contribution in [0.25, 0.3) is 0 Å². The summed E-state index contributed by atoms with van der Waals surface area (Å²) in [6.45, 7) is 0. The number of thiophene rings is 2. The summed E-state index contributed by atoms with van der Waals surface area (Å²) in [6.07, 6.45) is 1.81. The summed E-state index contributed by atoms with van der Waals surface area (Å²) < 4.78 is 0. The second-order valence-electron chi connectivity index (χ2n) is 5.26. The van der Waals surface area contributed by atoms with E-state index in [0.29, 0.717) is 0 Å². The zero-order valence-electron chi connectivity index (χ0n) is 12.6. The Balaban J connectivity index is 1.91. The molecule has 2 unspecified atom stereocenters. The van der Waals surface area contributed by atoms with E-state index in [1.807, 2.05) is 19.3 Å². The fraction of sp³-hybridized carbons (Fsp3) is 0.176. The normalized spacial score (nSPS) is 20.3. The van der Waals surface area contributed by atoms with Crippen molar-refractivity contribution in [3.05, 3.63) is 68.7 Å². The number of pyridine rings is 1. The number of rotatable bonds is 3. The number of nitrogens with one attached hydrogen (secondary N) is 2. The molecule has 3 aromatic heterocycles. The molecule has 2 atom stereocenters. The minimum Gasteiger partial charge on any atom is -0.352 e. The fourth-order valence-corrected chi connectivity index (χ4v) is 4.21. The lowest BCUT2D eigenvalue weighted by atomic mass is 10.1. The smallest absolute Gasteiger partial charge is 0.136 e. The Morgan fingerprint density at radius 2 is 2.13 bits per heavy atom. The number of aliphatic imine (C=N–C) groups is 1. The quantitative estimate of drug-likeness (QED) is 0.763. The van der Waals surface area contributed by atoms with Crippen molar-refractivity contribution < 1.29 is 0 Å². The van der Waals surface area contributed by atoms with E-state index in [1.165, 1.54) is 4.88 Å². The van der Waals surface area contributed by atoms with Crippen LogP contribution < -0.4 is 10.6 Å². The highest BCUT2D eigenvalue weighted by atomic mass is 32.1. The third-order valence-corrected chi connectivity index (χ3v) is 5.51. The second-order valence-corrected chi connectivity index (χ2v) is 7.02. The minimum absolute atomic E-state index is 0.00145. The molecule has 1 aliphatic heterocycles. The third-order valence-electron chi connectivity index (χ3n) is 3.88. The number of hydrogen-bond acceptors (Lipinski definition) is 6. The van der Waals surface area contributed by atoms with Gasteiger partial charge >= 0.3 is 0 Å². The van der Waals surface area contributed by atoms with Gasteiger partial charge in [-0.1, -0.05) is 6.07 Å². The van der Waals surface area contributed by atoms with Crippen LogP contribution in [0, 0.1) is 0 Å². The molecule has 23 heavy (non-hydrogen) atoms. The summed E-state index contributed by atoms with van der Waals surface area (Å²) in [4.78, 5) is 10.9. The molecule has 0 spiro atoms. The molecular formula is C17H16N4S2. The first-order valence-corrected chi connectivity index (χ1v) is 9.22. The zero-order chi connectivity index (χ0) is 15.6. The van der Waals surface area contributed by atoms with Crippen LogP contribution in [0.5, 0.6) is 0 Å². The van der Waals surface area contributed by atoms with Crippen molar-refractivity contribution in [3.8, 4) is 0 Å². The Kier molecular flexibility index (Phi) is 3.95. The van der Waals surface area contributed by atoms with Gasteiger partial charge in [0.1, 0.15) is 18.0 Å². The predicted molar refractivity (Wildman–Crippen MR) is 97.7 cm³/mol. The third kappa shape index (κ3) is 2.69. The number of fused-ring (bicyclic) bond motifs is 1. The van der Waals surface area contributed by atoms with Crippen LogP contribution in [-0.2, 0) is 0 Å². The van der Waals surface area contributed by atoms with Crippen molar-refractivity contribution in [1.82, 2.24) is 10.3 Å². The van der Waals surface area contributed by atoms with Gasteiger partial charge in [0, 0.05) is 27.6 Å². The molecule has 2 N–H and O–H groups in total. The maximum Gasteiger partial charge on any atom is 0.136 e. The lowest BCUT2D eigenvalue weighted by molar-refractivity contribution is 0.529. The fourth-order valence-electron chi connectivity index (χ4n) is 2.77. The van der Waals surface area contributed by atoms with Gasteiger partial charge in [0.15, 0.2) is 0 Å². The van der Waals surface area contributed by atoms with Crippen molar-refractivity contribution in [2.45, 2.75) is 12.2 Å². The molecule has 4 rings (SSSR count). The molecule has 1 aliphatic rings. The van der Waals surface area contributed by atoms with Crippen LogP contribution in [0.15, 0.2) is 57.7 Å². The molecule has 4 nitrogen and oxygen atoms in total. The lowest BCUT2D eigenvalue weighted by Gasteiger charge is -2.23. The molecule has 3 aromatic rings. The summed E-state index contributed by atoms with van der Waals surface area (Å²) in [5.41, 5.74) is 3.19. The Bertz CT molecular complexity index is 809. The molecule has 0 radical (unpaired) electrons. The van der Waals surface area contributed by atoms with Crippen LogP contribution in [0.4, 0.5) is 5.82 Å². The van der Waals surface area contributed by atoms with Gasteiger partial charge in [-0.15, -0.1) is 11.3 Å². The topological polar surface area (TPSA) is 49.3 Å². The average Bonchev–Trinajstić information content (AvgIpc) is 3.26. The molecule has 6 heteroatoms. The molecule has 0 saturated carbocycles. The van der Waals surface area contributed by atoms with Crippen molar-refractivity contribution >= 4 is 34.2 Å². The predicted octanol–water partition coefficient (Wildman–Crippen LogP) is 3.75. The van der Waals surface area contributed by atoms with Gasteiger partial charge in [-0.05, 0) is 42.1 Å². The first-order chi connectivity index (χ1) is 11.4. The number of anilines is 1. The van der Waals surface area contributed by atoms with Gasteiger partial charge in [0.2, 0.25) is 0 Å². The Labute approximate surface area is 142 Å². The number of aromatic nitrogens is 1. The monoisotopic (exact) mass is 340 g/mol. The maximum atomic E-state index is 5.12. The standard InChI is InChI=1S/C17H16N4S2/c1-18-17-15(13-5-3-8-23-13)20-14(11-6-9-22-10-11)12-4-2-7-19-16(12)21-17/h2-10,15,17-18H,1H3,(H,19,21). The highest BCUT2D eigenvalue weighted by molar-refractivity contribution is 7.10. The Morgan fingerprint density at radius 1 is 1.17 bits per heavy atom. The van der Waals surface area contributed by atoms with E-state index in [0.717, 1.165) is 22.7 Å². The van der Waals surface area contributed by atoms with E-state index < -0.39 is 0 Å². The van der Waals surface area contributed by atoms with E-state index in [1.54, 1.807) is 22.7 Å². The van der Waals surface area contributed by atoms with Gasteiger partial charge < -0.3 is 5.32 Å². The van der Waals surface area contributed by atoms with Crippen LogP contribution in [0.2, 0.25) is 0 Å². The summed E-state index contributed by atoms with van der Waals surface area (Å²) in [7, 11) is 1.95. The second kappa shape index (κ2) is 6.23. The molecule has 0 bridgehead atoms. The largest absolute Gasteiger partial charge is 0.352 e. The minimum atomic E-state index is -0.00145. The molecule has 0 aliphatic carbocycles. The Morgan fingerprint density at radius 3 is 2.87 bits per heavy atom. The van der Waals surface area contributed by atoms with Crippen LogP contribution in [-0.4, -0.2) is 23.9 Å². The first-order valence-electron chi connectivity index (χ1n) is 7.40. The molecular weight excluding hydrogens is 324 g/mol. The SMILES string of the molecule is CNC1Nc2ncccc2C(c2ccsc2)=NC1c1cccs1. The number of likely N-dealkylation sites (N-methyl/N-ethyl adjacent to an activating group) is 1. The molecule has 0 saturated heterocycles.